The predicted octanol–water partition coefficient (Wildman–Crippen LogP) is 3.71. The maximum Gasteiger partial charge on any atom is 0.253 e. The van der Waals surface area contributed by atoms with Gasteiger partial charge in [0.15, 0.2) is 0 Å². The summed E-state index contributed by atoms with van der Waals surface area (Å²) >= 11 is 0. The number of halogens is 1. The molecule has 1 fully saturated rings. The third-order valence-electron chi connectivity index (χ3n) is 5.23. The number of rotatable bonds is 6. The van der Waals surface area contributed by atoms with Crippen molar-refractivity contribution in [2.75, 3.05) is 7.05 Å². The minimum Gasteiger partial charge on any atom is -0.339 e. The van der Waals surface area contributed by atoms with Crippen LogP contribution in [0.5, 0.6) is 0 Å². The smallest absolute Gasteiger partial charge is 0.253 e. The molecule has 5 nitrogen and oxygen atoms in total. The molecule has 0 radical (unpaired) electrons. The standard InChI is InChI=1S/C21H25FN2O3S/c1-24(19-5-3-2-4-6-19)21(25)17-9-7-16(8-10-17)15-23-28(26,27)20-13-11-18(22)12-14-20/h7-14,19,23H,2-6,15H2,1H3. The Morgan fingerprint density at radius 3 is 2.25 bits per heavy atom. The fourth-order valence-corrected chi connectivity index (χ4v) is 4.50. The van der Waals surface area contributed by atoms with Gasteiger partial charge in [0.1, 0.15) is 5.82 Å². The van der Waals surface area contributed by atoms with Crippen LogP contribution in [0.25, 0.3) is 0 Å². The first-order chi connectivity index (χ1) is 13.4. The topological polar surface area (TPSA) is 66.5 Å². The Balaban J connectivity index is 1.61. The molecule has 0 atom stereocenters. The molecule has 0 aliphatic heterocycles. The van der Waals surface area contributed by atoms with E-state index in [1.54, 1.807) is 24.3 Å². The molecule has 1 amide bonds. The summed E-state index contributed by atoms with van der Waals surface area (Å²) in [7, 11) is -1.87. The fourth-order valence-electron chi connectivity index (χ4n) is 3.48. The van der Waals surface area contributed by atoms with Crippen molar-refractivity contribution in [1.82, 2.24) is 9.62 Å². The first-order valence-electron chi connectivity index (χ1n) is 9.48. The summed E-state index contributed by atoms with van der Waals surface area (Å²) in [6.07, 6.45) is 5.66. The summed E-state index contributed by atoms with van der Waals surface area (Å²) < 4.78 is 40.0. The minimum absolute atomic E-state index is 0.00894. The Morgan fingerprint density at radius 2 is 1.64 bits per heavy atom. The lowest BCUT2D eigenvalue weighted by atomic mass is 9.94. The molecule has 7 heteroatoms. The second kappa shape index (κ2) is 8.84. The van der Waals surface area contributed by atoms with Crippen molar-refractivity contribution < 1.29 is 17.6 Å². The van der Waals surface area contributed by atoms with Crippen LogP contribution in [0.4, 0.5) is 4.39 Å². The second-order valence-electron chi connectivity index (χ2n) is 7.18. The average Bonchev–Trinajstić information content (AvgIpc) is 2.72. The van der Waals surface area contributed by atoms with Crippen molar-refractivity contribution in [2.24, 2.45) is 0 Å². The highest BCUT2D eigenvalue weighted by molar-refractivity contribution is 7.89. The summed E-state index contributed by atoms with van der Waals surface area (Å²) in [5, 5.41) is 0. The quantitative estimate of drug-likeness (QED) is 0.798. The van der Waals surface area contributed by atoms with Gasteiger partial charge >= 0.3 is 0 Å². The molecule has 0 spiro atoms. The van der Waals surface area contributed by atoms with Crippen molar-refractivity contribution in [3.05, 3.63) is 65.5 Å². The molecule has 0 heterocycles. The van der Waals surface area contributed by atoms with Crippen LogP contribution in [-0.4, -0.2) is 32.3 Å². The minimum atomic E-state index is -3.72. The highest BCUT2D eigenvalue weighted by atomic mass is 32.2. The first-order valence-corrected chi connectivity index (χ1v) is 11.0. The highest BCUT2D eigenvalue weighted by Crippen LogP contribution is 2.23. The number of amides is 1. The largest absolute Gasteiger partial charge is 0.339 e. The monoisotopic (exact) mass is 404 g/mol. The normalized spacial score (nSPS) is 15.4. The number of nitrogens with zero attached hydrogens (tertiary/aromatic N) is 1. The van der Waals surface area contributed by atoms with E-state index in [4.69, 9.17) is 0 Å². The Labute approximate surface area is 165 Å². The maximum absolute atomic E-state index is 13.0. The molecule has 1 aliphatic rings. The molecule has 0 saturated heterocycles. The van der Waals surface area contributed by atoms with Crippen LogP contribution in [0, 0.1) is 5.82 Å². The van der Waals surface area contributed by atoms with Gasteiger partial charge in [-0.3, -0.25) is 4.79 Å². The first kappa shape index (κ1) is 20.5. The van der Waals surface area contributed by atoms with E-state index < -0.39 is 15.8 Å². The summed E-state index contributed by atoms with van der Waals surface area (Å²) in [6.45, 7) is 0.0899. The predicted molar refractivity (Wildman–Crippen MR) is 106 cm³/mol. The van der Waals surface area contributed by atoms with Crippen molar-refractivity contribution in [3.8, 4) is 0 Å². The summed E-state index contributed by atoms with van der Waals surface area (Å²) in [5.41, 5.74) is 1.33. The van der Waals surface area contributed by atoms with E-state index in [9.17, 15) is 17.6 Å². The van der Waals surface area contributed by atoms with E-state index in [0.717, 1.165) is 43.4 Å². The van der Waals surface area contributed by atoms with Gasteiger partial charge in [-0.05, 0) is 54.8 Å². The number of benzene rings is 2. The third kappa shape index (κ3) is 4.97. The van der Waals surface area contributed by atoms with E-state index in [1.807, 2.05) is 11.9 Å². The fraction of sp³-hybridized carbons (Fsp3) is 0.381. The number of hydrogen-bond acceptors (Lipinski definition) is 3. The van der Waals surface area contributed by atoms with Crippen LogP contribution in [0.15, 0.2) is 53.4 Å². The molecule has 0 unspecified atom stereocenters. The Morgan fingerprint density at radius 1 is 1.04 bits per heavy atom. The van der Waals surface area contributed by atoms with Gasteiger partial charge in [-0.1, -0.05) is 31.4 Å². The molecule has 0 aromatic heterocycles. The van der Waals surface area contributed by atoms with Crippen molar-refractivity contribution in [2.45, 2.75) is 49.6 Å². The molecule has 1 aliphatic carbocycles. The van der Waals surface area contributed by atoms with Gasteiger partial charge in [-0.2, -0.15) is 0 Å². The van der Waals surface area contributed by atoms with E-state index in [1.165, 1.54) is 18.6 Å². The number of nitrogens with one attached hydrogen (secondary N) is 1. The van der Waals surface area contributed by atoms with Gasteiger partial charge in [0.25, 0.3) is 5.91 Å². The van der Waals surface area contributed by atoms with Gasteiger partial charge in [-0.25, -0.2) is 17.5 Å². The Hall–Kier alpha value is -2.25. The molecule has 2 aromatic rings. The lowest BCUT2D eigenvalue weighted by Gasteiger charge is -2.31. The lowest BCUT2D eigenvalue weighted by molar-refractivity contribution is 0.0696. The summed E-state index contributed by atoms with van der Waals surface area (Å²) in [5.74, 6) is -0.497. The molecule has 3 rings (SSSR count). The van der Waals surface area contributed by atoms with Crippen molar-refractivity contribution >= 4 is 15.9 Å². The summed E-state index contributed by atoms with van der Waals surface area (Å²) in [6, 6.07) is 11.9. The van der Waals surface area contributed by atoms with Crippen LogP contribution in [0.2, 0.25) is 0 Å². The van der Waals surface area contributed by atoms with Crippen LogP contribution in [0.3, 0.4) is 0 Å². The molecular weight excluding hydrogens is 379 g/mol. The van der Waals surface area contributed by atoms with E-state index in [0.29, 0.717) is 11.6 Å². The molecule has 0 bridgehead atoms. The molecule has 1 saturated carbocycles. The highest BCUT2D eigenvalue weighted by Gasteiger charge is 2.23. The van der Waals surface area contributed by atoms with Gasteiger partial charge in [0.05, 0.1) is 4.90 Å². The van der Waals surface area contributed by atoms with Gasteiger partial charge in [-0.15, -0.1) is 0 Å². The Bertz CT molecular complexity index is 906. The second-order valence-corrected chi connectivity index (χ2v) is 8.95. The molecule has 28 heavy (non-hydrogen) atoms. The van der Waals surface area contributed by atoms with Crippen LogP contribution in [-0.2, 0) is 16.6 Å². The molecule has 150 valence electrons. The van der Waals surface area contributed by atoms with Crippen molar-refractivity contribution in [1.29, 1.82) is 0 Å². The van der Waals surface area contributed by atoms with Gasteiger partial charge in [0, 0.05) is 25.2 Å². The van der Waals surface area contributed by atoms with E-state index in [-0.39, 0.29) is 17.3 Å². The Kier molecular flexibility index (Phi) is 6.46. The number of carbonyl (C=O) groups excluding carboxylic acids is 1. The molecule has 1 N–H and O–H groups in total. The van der Waals surface area contributed by atoms with Crippen LogP contribution < -0.4 is 4.72 Å². The zero-order chi connectivity index (χ0) is 20.1. The molecule has 2 aromatic carbocycles. The number of sulfonamides is 1. The van der Waals surface area contributed by atoms with E-state index in [2.05, 4.69) is 4.72 Å². The zero-order valence-electron chi connectivity index (χ0n) is 15.9. The maximum atomic E-state index is 13.0. The van der Waals surface area contributed by atoms with Gasteiger partial charge in [0.2, 0.25) is 10.0 Å². The van der Waals surface area contributed by atoms with Crippen LogP contribution in [0.1, 0.15) is 48.0 Å². The molecular formula is C21H25FN2O3S. The van der Waals surface area contributed by atoms with Crippen molar-refractivity contribution in [3.63, 3.8) is 0 Å². The van der Waals surface area contributed by atoms with Gasteiger partial charge < -0.3 is 4.90 Å². The average molecular weight is 405 g/mol. The third-order valence-corrected chi connectivity index (χ3v) is 6.65. The van der Waals surface area contributed by atoms with Crippen LogP contribution >= 0.6 is 0 Å². The lowest BCUT2D eigenvalue weighted by Crippen LogP contribution is -2.38. The SMILES string of the molecule is CN(C(=O)c1ccc(CNS(=O)(=O)c2ccc(F)cc2)cc1)C1CCCCC1. The number of carbonyl (C=O) groups is 1. The summed E-state index contributed by atoms with van der Waals surface area (Å²) in [4.78, 5) is 14.5. The number of hydrogen-bond donors (Lipinski definition) is 1. The zero-order valence-corrected chi connectivity index (χ0v) is 16.7. The van der Waals surface area contributed by atoms with E-state index >= 15 is 0 Å².